The molecular weight excluding hydrogens is 222 g/mol. The molecule has 0 aliphatic carbocycles. The number of hydrogen-bond donors (Lipinski definition) is 1. The van der Waals surface area contributed by atoms with E-state index in [4.69, 9.17) is 0 Å². The van der Waals surface area contributed by atoms with Gasteiger partial charge in [0.25, 0.3) is 0 Å². The monoisotopic (exact) mass is 233 g/mol. The normalized spacial score (nSPS) is 10.2. The van der Waals surface area contributed by atoms with Crippen molar-refractivity contribution in [3.8, 4) is 0 Å². The lowest BCUT2D eigenvalue weighted by Crippen LogP contribution is -2.00. The smallest absolute Gasteiger partial charge is 0.314 e. The Bertz CT molecular complexity index is 564. The van der Waals surface area contributed by atoms with Gasteiger partial charge >= 0.3 is 5.69 Å². The largest absolute Gasteiger partial charge is 0.332 e. The topological polar surface area (TPSA) is 85.9 Å². The lowest BCUT2D eigenvalue weighted by Gasteiger charge is -2.04. The van der Waals surface area contributed by atoms with Crippen LogP contribution in [0.25, 0.3) is 0 Å². The van der Waals surface area contributed by atoms with E-state index < -0.39 is 4.92 Å². The van der Waals surface area contributed by atoms with E-state index in [2.05, 4.69) is 15.4 Å². The molecule has 0 radical (unpaired) electrons. The molecule has 2 aromatic rings. The summed E-state index contributed by atoms with van der Waals surface area (Å²) in [4.78, 5) is 14.5. The highest BCUT2D eigenvalue weighted by molar-refractivity contribution is 5.66. The number of rotatable bonds is 3. The fourth-order valence-corrected chi connectivity index (χ4v) is 1.49. The van der Waals surface area contributed by atoms with E-state index in [1.54, 1.807) is 37.1 Å². The molecule has 0 aliphatic rings. The van der Waals surface area contributed by atoms with Gasteiger partial charge in [0.1, 0.15) is 0 Å². The molecule has 0 saturated heterocycles. The average molecular weight is 233 g/mol. The molecule has 7 heteroatoms. The van der Waals surface area contributed by atoms with Crippen LogP contribution in [0.3, 0.4) is 0 Å². The molecule has 88 valence electrons. The minimum absolute atomic E-state index is 0.0173. The Kier molecular flexibility index (Phi) is 2.73. The number of nitrogens with one attached hydrogen (secondary N) is 1. The van der Waals surface area contributed by atoms with Crippen LogP contribution < -0.4 is 5.32 Å². The van der Waals surface area contributed by atoms with E-state index in [1.165, 1.54) is 6.20 Å². The van der Waals surface area contributed by atoms with Gasteiger partial charge < -0.3 is 5.32 Å². The van der Waals surface area contributed by atoms with Gasteiger partial charge in [-0.1, -0.05) is 0 Å². The maximum absolute atomic E-state index is 10.9. The highest BCUT2D eigenvalue weighted by Crippen LogP contribution is 2.27. The highest BCUT2D eigenvalue weighted by atomic mass is 16.6. The zero-order chi connectivity index (χ0) is 12.4. The molecular formula is C10H11N5O2. The minimum Gasteiger partial charge on any atom is -0.332 e. The van der Waals surface area contributed by atoms with E-state index in [9.17, 15) is 10.1 Å². The van der Waals surface area contributed by atoms with Crippen LogP contribution in [-0.2, 0) is 7.05 Å². The first-order valence-corrected chi connectivity index (χ1v) is 4.93. The molecule has 0 bridgehead atoms. The summed E-state index contributed by atoms with van der Waals surface area (Å²) < 4.78 is 1.60. The first-order chi connectivity index (χ1) is 8.08. The summed E-state index contributed by atoms with van der Waals surface area (Å²) in [6.45, 7) is 1.67. The van der Waals surface area contributed by atoms with Gasteiger partial charge in [0, 0.05) is 25.0 Å². The number of nitrogens with zero attached hydrogens (tertiary/aromatic N) is 4. The van der Waals surface area contributed by atoms with Crippen molar-refractivity contribution in [1.82, 2.24) is 14.8 Å². The van der Waals surface area contributed by atoms with Crippen LogP contribution in [0.1, 0.15) is 5.56 Å². The Labute approximate surface area is 97.2 Å². The summed E-state index contributed by atoms with van der Waals surface area (Å²) in [6, 6.07) is 1.60. The molecule has 2 heterocycles. The summed E-state index contributed by atoms with van der Waals surface area (Å²) >= 11 is 0. The van der Waals surface area contributed by atoms with Crippen molar-refractivity contribution < 1.29 is 4.92 Å². The molecule has 7 nitrogen and oxygen atoms in total. The van der Waals surface area contributed by atoms with Gasteiger partial charge in [-0.25, -0.2) is 4.98 Å². The lowest BCUT2D eigenvalue weighted by molar-refractivity contribution is -0.384. The third kappa shape index (κ3) is 2.22. The third-order valence-corrected chi connectivity index (χ3v) is 2.28. The molecule has 17 heavy (non-hydrogen) atoms. The zero-order valence-electron chi connectivity index (χ0n) is 9.41. The van der Waals surface area contributed by atoms with Crippen LogP contribution >= 0.6 is 0 Å². The molecule has 0 atom stereocenters. The number of aromatic nitrogens is 3. The summed E-state index contributed by atoms with van der Waals surface area (Å²) in [6.07, 6.45) is 4.82. The second kappa shape index (κ2) is 4.20. The summed E-state index contributed by atoms with van der Waals surface area (Å²) in [5.74, 6) is 0.225. The molecule has 0 saturated carbocycles. The molecule has 0 unspecified atom stereocenters. The standard InChI is InChI=1S/C10H11N5O2/c1-7-3-4-11-10(9(7)15(16)17)13-8-5-12-14(2)6-8/h3-6H,1-2H3,(H,11,13). The van der Waals surface area contributed by atoms with E-state index in [-0.39, 0.29) is 11.5 Å². The Morgan fingerprint density at radius 2 is 2.29 bits per heavy atom. The van der Waals surface area contributed by atoms with Crippen molar-refractivity contribution in [2.24, 2.45) is 7.05 Å². The van der Waals surface area contributed by atoms with Crippen LogP contribution in [0, 0.1) is 17.0 Å². The van der Waals surface area contributed by atoms with Crippen molar-refractivity contribution >= 4 is 17.2 Å². The molecule has 0 fully saturated rings. The van der Waals surface area contributed by atoms with Gasteiger partial charge in [0.05, 0.1) is 16.8 Å². The van der Waals surface area contributed by atoms with Gasteiger partial charge in [-0.05, 0) is 13.0 Å². The van der Waals surface area contributed by atoms with Crippen LogP contribution in [0.4, 0.5) is 17.2 Å². The van der Waals surface area contributed by atoms with Crippen LogP contribution in [0.15, 0.2) is 24.7 Å². The SMILES string of the molecule is Cc1ccnc(Nc2cnn(C)c2)c1[N+](=O)[O-]. The van der Waals surface area contributed by atoms with E-state index in [0.717, 1.165) is 0 Å². The fourth-order valence-electron chi connectivity index (χ4n) is 1.49. The minimum atomic E-state index is -0.443. The Morgan fingerprint density at radius 1 is 1.53 bits per heavy atom. The van der Waals surface area contributed by atoms with Gasteiger partial charge in [0.2, 0.25) is 5.82 Å². The highest BCUT2D eigenvalue weighted by Gasteiger charge is 2.18. The van der Waals surface area contributed by atoms with Crippen molar-refractivity contribution in [2.75, 3.05) is 5.32 Å². The van der Waals surface area contributed by atoms with Gasteiger partial charge in [0.15, 0.2) is 0 Å². The van der Waals surface area contributed by atoms with Crippen molar-refractivity contribution in [1.29, 1.82) is 0 Å². The summed E-state index contributed by atoms with van der Waals surface area (Å²) in [7, 11) is 1.77. The Morgan fingerprint density at radius 3 is 2.88 bits per heavy atom. The molecule has 2 rings (SSSR count). The number of aryl methyl sites for hydroxylation is 2. The Balaban J connectivity index is 2.39. The number of anilines is 2. The predicted octanol–water partition coefficient (Wildman–Crippen LogP) is 1.78. The number of pyridine rings is 1. The first-order valence-electron chi connectivity index (χ1n) is 4.93. The quantitative estimate of drug-likeness (QED) is 0.645. The summed E-state index contributed by atoms with van der Waals surface area (Å²) in [5.41, 5.74) is 1.21. The molecule has 1 N–H and O–H groups in total. The third-order valence-electron chi connectivity index (χ3n) is 2.28. The number of hydrogen-bond acceptors (Lipinski definition) is 5. The van der Waals surface area contributed by atoms with Crippen molar-refractivity contribution in [3.63, 3.8) is 0 Å². The van der Waals surface area contributed by atoms with Crippen LogP contribution in [-0.4, -0.2) is 19.7 Å². The van der Waals surface area contributed by atoms with E-state index in [1.807, 2.05) is 0 Å². The summed E-state index contributed by atoms with van der Waals surface area (Å²) in [5, 5.41) is 17.8. The van der Waals surface area contributed by atoms with Crippen LogP contribution in [0.5, 0.6) is 0 Å². The van der Waals surface area contributed by atoms with E-state index in [0.29, 0.717) is 11.3 Å². The van der Waals surface area contributed by atoms with Crippen molar-refractivity contribution in [3.05, 3.63) is 40.3 Å². The molecule has 0 aliphatic heterocycles. The second-order valence-electron chi connectivity index (χ2n) is 3.61. The van der Waals surface area contributed by atoms with Crippen LogP contribution in [0.2, 0.25) is 0 Å². The van der Waals surface area contributed by atoms with Crippen molar-refractivity contribution in [2.45, 2.75) is 6.92 Å². The lowest BCUT2D eigenvalue weighted by atomic mass is 10.2. The maximum atomic E-state index is 10.9. The fraction of sp³-hybridized carbons (Fsp3) is 0.200. The van der Waals surface area contributed by atoms with E-state index >= 15 is 0 Å². The average Bonchev–Trinajstić information content (AvgIpc) is 2.63. The predicted molar refractivity (Wildman–Crippen MR) is 62.1 cm³/mol. The maximum Gasteiger partial charge on any atom is 0.314 e. The number of nitro groups is 1. The molecule has 2 aromatic heterocycles. The molecule has 0 aromatic carbocycles. The molecule has 0 amide bonds. The first kappa shape index (κ1) is 11.1. The molecule has 0 spiro atoms. The Hall–Kier alpha value is -2.44. The van der Waals surface area contributed by atoms with Gasteiger partial charge in [-0.2, -0.15) is 5.10 Å². The zero-order valence-corrected chi connectivity index (χ0v) is 9.41. The van der Waals surface area contributed by atoms with Gasteiger partial charge in [-0.15, -0.1) is 0 Å². The van der Waals surface area contributed by atoms with Gasteiger partial charge in [-0.3, -0.25) is 14.8 Å². The second-order valence-corrected chi connectivity index (χ2v) is 3.61.